The van der Waals surface area contributed by atoms with Gasteiger partial charge in [0.15, 0.2) is 0 Å². The third-order valence-electron chi connectivity index (χ3n) is 3.25. The van der Waals surface area contributed by atoms with Gasteiger partial charge in [0.25, 0.3) is 0 Å². The van der Waals surface area contributed by atoms with Gasteiger partial charge in [0, 0.05) is 25.2 Å². The normalized spacial score (nSPS) is 16.6. The Bertz CT molecular complexity index is 469. The fourth-order valence-corrected chi connectivity index (χ4v) is 2.38. The second kappa shape index (κ2) is 5.30. The van der Waals surface area contributed by atoms with Crippen molar-refractivity contribution in [3.8, 4) is 0 Å². The summed E-state index contributed by atoms with van der Waals surface area (Å²) >= 11 is 5.02. The van der Waals surface area contributed by atoms with E-state index in [0.717, 1.165) is 37.3 Å². The van der Waals surface area contributed by atoms with Crippen LogP contribution in [0.2, 0.25) is 0 Å². The molecule has 0 spiro atoms. The van der Waals surface area contributed by atoms with Gasteiger partial charge in [-0.1, -0.05) is 12.2 Å². The van der Waals surface area contributed by atoms with E-state index < -0.39 is 0 Å². The summed E-state index contributed by atoms with van der Waals surface area (Å²) in [7, 11) is 0. The monoisotopic (exact) mass is 264 g/mol. The van der Waals surface area contributed by atoms with Crippen molar-refractivity contribution < 1.29 is 4.79 Å². The van der Waals surface area contributed by atoms with Crippen molar-refractivity contribution in [2.45, 2.75) is 12.8 Å². The molecule has 0 radical (unpaired) electrons. The van der Waals surface area contributed by atoms with Crippen molar-refractivity contribution in [1.82, 2.24) is 4.98 Å². The van der Waals surface area contributed by atoms with Gasteiger partial charge in [-0.3, -0.25) is 4.79 Å². The first-order chi connectivity index (χ1) is 8.59. The molecule has 0 unspecified atom stereocenters. The van der Waals surface area contributed by atoms with Crippen molar-refractivity contribution in [3.05, 3.63) is 23.9 Å². The summed E-state index contributed by atoms with van der Waals surface area (Å²) in [5.41, 5.74) is 11.8. The molecule has 1 aromatic rings. The van der Waals surface area contributed by atoms with Crippen molar-refractivity contribution in [2.75, 3.05) is 18.0 Å². The number of nitrogens with two attached hydrogens (primary N) is 2. The predicted molar refractivity (Wildman–Crippen MR) is 74.3 cm³/mol. The van der Waals surface area contributed by atoms with E-state index in [-0.39, 0.29) is 11.8 Å². The molecule has 6 heteroatoms. The van der Waals surface area contributed by atoms with Crippen LogP contribution in [0.15, 0.2) is 18.3 Å². The van der Waals surface area contributed by atoms with Gasteiger partial charge in [-0.25, -0.2) is 4.98 Å². The van der Waals surface area contributed by atoms with E-state index >= 15 is 0 Å². The molecule has 1 aromatic heterocycles. The van der Waals surface area contributed by atoms with E-state index in [0.29, 0.717) is 4.99 Å². The lowest BCUT2D eigenvalue weighted by Crippen LogP contribution is -2.39. The van der Waals surface area contributed by atoms with Crippen LogP contribution in [0.5, 0.6) is 0 Å². The Morgan fingerprint density at radius 3 is 2.61 bits per heavy atom. The average Bonchev–Trinajstić information content (AvgIpc) is 2.39. The van der Waals surface area contributed by atoms with Crippen LogP contribution < -0.4 is 16.4 Å². The lowest BCUT2D eigenvalue weighted by Gasteiger charge is -2.32. The van der Waals surface area contributed by atoms with E-state index in [2.05, 4.69) is 9.88 Å². The Labute approximate surface area is 111 Å². The van der Waals surface area contributed by atoms with Crippen LogP contribution in [-0.2, 0) is 4.79 Å². The second-order valence-corrected chi connectivity index (χ2v) is 4.84. The predicted octanol–water partition coefficient (Wildman–Crippen LogP) is 0.417. The number of amides is 1. The lowest BCUT2D eigenvalue weighted by atomic mass is 9.96. The first kappa shape index (κ1) is 12.8. The highest BCUT2D eigenvalue weighted by Gasteiger charge is 2.25. The number of anilines is 1. The SMILES string of the molecule is NC(=O)C1CCN(c2ncccc2C(N)=S)CC1. The number of pyridine rings is 1. The summed E-state index contributed by atoms with van der Waals surface area (Å²) in [4.78, 5) is 17.9. The molecule has 1 fully saturated rings. The van der Waals surface area contributed by atoms with Gasteiger partial charge < -0.3 is 16.4 Å². The summed E-state index contributed by atoms with van der Waals surface area (Å²) in [6.45, 7) is 1.50. The number of hydrogen-bond donors (Lipinski definition) is 2. The number of piperidine rings is 1. The van der Waals surface area contributed by atoms with Crippen LogP contribution in [0.4, 0.5) is 5.82 Å². The van der Waals surface area contributed by atoms with E-state index in [9.17, 15) is 4.79 Å². The van der Waals surface area contributed by atoms with Gasteiger partial charge >= 0.3 is 0 Å². The Hall–Kier alpha value is -1.69. The number of thiocarbonyl (C=S) groups is 1. The standard InChI is InChI=1S/C12H16N4OS/c13-10(17)8-3-6-16(7-4-8)12-9(11(14)18)2-1-5-15-12/h1-2,5,8H,3-4,6-7H2,(H2,13,17)(H2,14,18). The number of rotatable bonds is 3. The number of nitrogens with zero attached hydrogens (tertiary/aromatic N) is 2. The van der Waals surface area contributed by atoms with Crippen LogP contribution in [0.1, 0.15) is 18.4 Å². The van der Waals surface area contributed by atoms with Crippen LogP contribution in [0.3, 0.4) is 0 Å². The number of carbonyl (C=O) groups is 1. The highest BCUT2D eigenvalue weighted by Crippen LogP contribution is 2.24. The molecule has 1 aliphatic heterocycles. The topological polar surface area (TPSA) is 85.2 Å². The summed E-state index contributed by atoms with van der Waals surface area (Å²) in [5.74, 6) is 0.552. The van der Waals surface area contributed by atoms with Crippen LogP contribution in [0.25, 0.3) is 0 Å². The number of primary amides is 1. The Kier molecular flexibility index (Phi) is 3.76. The quantitative estimate of drug-likeness (QED) is 0.773. The molecule has 1 aliphatic rings. The maximum atomic E-state index is 11.1. The smallest absolute Gasteiger partial charge is 0.220 e. The van der Waals surface area contributed by atoms with Crippen LogP contribution in [0, 0.1) is 5.92 Å². The molecule has 2 rings (SSSR count). The molecular weight excluding hydrogens is 248 g/mol. The largest absolute Gasteiger partial charge is 0.389 e. The molecule has 18 heavy (non-hydrogen) atoms. The van der Waals surface area contributed by atoms with Crippen LogP contribution in [-0.4, -0.2) is 29.0 Å². The molecule has 0 saturated carbocycles. The van der Waals surface area contributed by atoms with Gasteiger partial charge in [0.1, 0.15) is 10.8 Å². The number of aromatic nitrogens is 1. The van der Waals surface area contributed by atoms with E-state index in [4.69, 9.17) is 23.7 Å². The zero-order valence-electron chi connectivity index (χ0n) is 10.0. The molecule has 4 N–H and O–H groups in total. The van der Waals surface area contributed by atoms with Gasteiger partial charge in [0.2, 0.25) is 5.91 Å². The Balaban J connectivity index is 2.15. The first-order valence-electron chi connectivity index (χ1n) is 5.88. The lowest BCUT2D eigenvalue weighted by molar-refractivity contribution is -0.122. The van der Waals surface area contributed by atoms with Gasteiger partial charge in [-0.2, -0.15) is 0 Å². The van der Waals surface area contributed by atoms with Gasteiger partial charge in [-0.15, -0.1) is 0 Å². The minimum absolute atomic E-state index is 0.0294. The van der Waals surface area contributed by atoms with E-state index in [1.807, 2.05) is 12.1 Å². The summed E-state index contributed by atoms with van der Waals surface area (Å²) < 4.78 is 0. The number of hydrogen-bond acceptors (Lipinski definition) is 4. The van der Waals surface area contributed by atoms with Crippen molar-refractivity contribution >= 4 is 28.9 Å². The fourth-order valence-electron chi connectivity index (χ4n) is 2.22. The molecule has 0 bridgehead atoms. The summed E-state index contributed by atoms with van der Waals surface area (Å²) in [6.07, 6.45) is 3.22. The maximum absolute atomic E-state index is 11.1. The van der Waals surface area contributed by atoms with Crippen molar-refractivity contribution in [2.24, 2.45) is 17.4 Å². The highest BCUT2D eigenvalue weighted by atomic mass is 32.1. The molecule has 0 atom stereocenters. The van der Waals surface area contributed by atoms with E-state index in [1.165, 1.54) is 0 Å². The molecule has 1 saturated heterocycles. The molecule has 5 nitrogen and oxygen atoms in total. The Morgan fingerprint density at radius 1 is 1.39 bits per heavy atom. The van der Waals surface area contributed by atoms with Crippen molar-refractivity contribution in [1.29, 1.82) is 0 Å². The maximum Gasteiger partial charge on any atom is 0.220 e. The minimum atomic E-state index is -0.217. The Morgan fingerprint density at radius 2 is 2.06 bits per heavy atom. The molecule has 0 aliphatic carbocycles. The first-order valence-corrected chi connectivity index (χ1v) is 6.29. The van der Waals surface area contributed by atoms with Crippen LogP contribution >= 0.6 is 12.2 Å². The average molecular weight is 264 g/mol. The van der Waals surface area contributed by atoms with Crippen molar-refractivity contribution in [3.63, 3.8) is 0 Å². The molecule has 1 amide bonds. The minimum Gasteiger partial charge on any atom is -0.389 e. The second-order valence-electron chi connectivity index (χ2n) is 4.40. The molecular formula is C12H16N4OS. The summed E-state index contributed by atoms with van der Waals surface area (Å²) in [5, 5.41) is 0. The molecule has 0 aromatic carbocycles. The fraction of sp³-hybridized carbons (Fsp3) is 0.417. The number of carbonyl (C=O) groups excluding carboxylic acids is 1. The highest BCUT2D eigenvalue weighted by molar-refractivity contribution is 7.80. The zero-order valence-corrected chi connectivity index (χ0v) is 10.8. The van der Waals surface area contributed by atoms with E-state index in [1.54, 1.807) is 6.20 Å². The molecule has 96 valence electrons. The van der Waals surface area contributed by atoms with Gasteiger partial charge in [-0.05, 0) is 25.0 Å². The summed E-state index contributed by atoms with van der Waals surface area (Å²) in [6, 6.07) is 3.68. The third kappa shape index (κ3) is 2.59. The molecule has 2 heterocycles. The third-order valence-corrected chi connectivity index (χ3v) is 3.47. The zero-order chi connectivity index (χ0) is 13.1. The van der Waals surface area contributed by atoms with Gasteiger partial charge in [0.05, 0.1) is 5.56 Å².